The lowest BCUT2D eigenvalue weighted by Gasteiger charge is -2.00. The molecule has 0 unspecified atom stereocenters. The smallest absolute Gasteiger partial charge is 0.319 e. The van der Waals surface area contributed by atoms with Crippen LogP contribution in [0.1, 0.15) is 0 Å². The topological polar surface area (TPSA) is 61.0 Å². The van der Waals surface area contributed by atoms with Gasteiger partial charge in [0.25, 0.3) is 0 Å². The Morgan fingerprint density at radius 2 is 1.59 bits per heavy atom. The van der Waals surface area contributed by atoms with Crippen molar-refractivity contribution in [2.75, 3.05) is 19.1 Å². The quantitative estimate of drug-likeness (QED) is 0.654. The summed E-state index contributed by atoms with van der Waals surface area (Å²) in [5, 5.41) is 0.814. The lowest BCUT2D eigenvalue weighted by molar-refractivity contribution is 0.377. The summed E-state index contributed by atoms with van der Waals surface area (Å²) in [6.45, 7) is 0. The van der Waals surface area contributed by atoms with E-state index >= 15 is 0 Å². The normalized spacial score (nSPS) is 9.06. The van der Waals surface area contributed by atoms with Crippen LogP contribution in [-0.2, 0) is 0 Å². The van der Waals surface area contributed by atoms with Gasteiger partial charge in [0.1, 0.15) is 10.8 Å². The summed E-state index contributed by atoms with van der Waals surface area (Å²) < 4.78 is 4.82. The maximum atomic E-state index is 5.47. The van der Waals surface area contributed by atoms with Crippen molar-refractivity contribution in [3.8, 4) is 6.01 Å². The molecule has 5 heteroatoms. The Labute approximate surface area is 105 Å². The lowest BCUT2D eigenvalue weighted by atomic mass is 10.4. The molecule has 0 fully saturated rings. The molecule has 0 spiro atoms. The van der Waals surface area contributed by atoms with Crippen LogP contribution in [0.4, 0.5) is 5.82 Å². The zero-order valence-electron chi connectivity index (χ0n) is 9.83. The van der Waals surface area contributed by atoms with Gasteiger partial charge < -0.3 is 10.5 Å². The van der Waals surface area contributed by atoms with Crippen LogP contribution in [0.25, 0.3) is 0 Å². The number of hydrogen-bond acceptors (Lipinski definition) is 5. The van der Waals surface area contributed by atoms with Crippen LogP contribution in [0.5, 0.6) is 6.01 Å². The molecule has 1 aromatic heterocycles. The molecule has 0 aliphatic heterocycles. The fraction of sp³-hybridized carbons (Fsp3) is 0.167. The summed E-state index contributed by atoms with van der Waals surface area (Å²) in [7, 11) is 1.51. The van der Waals surface area contributed by atoms with E-state index in [-0.39, 0.29) is 0 Å². The molecule has 0 amide bonds. The highest BCUT2D eigenvalue weighted by molar-refractivity contribution is 7.98. The van der Waals surface area contributed by atoms with Crippen LogP contribution < -0.4 is 10.5 Å². The molecule has 0 radical (unpaired) electrons. The van der Waals surface area contributed by atoms with Gasteiger partial charge in [-0.2, -0.15) is 9.97 Å². The van der Waals surface area contributed by atoms with Crippen LogP contribution >= 0.6 is 11.8 Å². The van der Waals surface area contributed by atoms with Crippen molar-refractivity contribution < 1.29 is 4.74 Å². The van der Waals surface area contributed by atoms with E-state index in [0.29, 0.717) is 11.8 Å². The number of nitrogen functional groups attached to an aromatic ring is 1. The maximum Gasteiger partial charge on any atom is 0.319 e. The fourth-order valence-corrected chi connectivity index (χ4v) is 1.41. The van der Waals surface area contributed by atoms with E-state index in [1.807, 2.05) is 42.7 Å². The SMILES string of the molecule is COc1nc(N)cc(SC)n1.c1ccccc1. The first kappa shape index (κ1) is 13.3. The van der Waals surface area contributed by atoms with Gasteiger partial charge in [-0.3, -0.25) is 0 Å². The zero-order valence-corrected chi connectivity index (χ0v) is 10.6. The first-order valence-electron chi connectivity index (χ1n) is 4.99. The van der Waals surface area contributed by atoms with Crippen molar-refractivity contribution in [1.29, 1.82) is 0 Å². The fourth-order valence-electron chi connectivity index (χ4n) is 1.00. The summed E-state index contributed by atoms with van der Waals surface area (Å²) in [4.78, 5) is 7.85. The first-order chi connectivity index (χ1) is 8.26. The van der Waals surface area contributed by atoms with Gasteiger partial charge in [-0.1, -0.05) is 36.4 Å². The van der Waals surface area contributed by atoms with Crippen molar-refractivity contribution in [3.63, 3.8) is 0 Å². The largest absolute Gasteiger partial charge is 0.467 e. The minimum atomic E-state index is 0.314. The summed E-state index contributed by atoms with van der Waals surface area (Å²) in [5.41, 5.74) is 5.47. The monoisotopic (exact) mass is 249 g/mol. The van der Waals surface area contributed by atoms with Crippen LogP contribution in [0.15, 0.2) is 47.5 Å². The number of rotatable bonds is 2. The van der Waals surface area contributed by atoms with Crippen molar-refractivity contribution >= 4 is 17.6 Å². The Morgan fingerprint density at radius 3 is 2.00 bits per heavy atom. The zero-order chi connectivity index (χ0) is 12.5. The molecule has 2 N–H and O–H groups in total. The number of thioether (sulfide) groups is 1. The molecule has 0 saturated heterocycles. The van der Waals surface area contributed by atoms with Crippen molar-refractivity contribution in [2.45, 2.75) is 5.03 Å². The van der Waals surface area contributed by atoms with Gasteiger partial charge in [-0.05, 0) is 6.26 Å². The van der Waals surface area contributed by atoms with E-state index in [1.54, 1.807) is 6.07 Å². The average molecular weight is 249 g/mol. The molecule has 1 heterocycles. The molecular weight excluding hydrogens is 234 g/mol. The van der Waals surface area contributed by atoms with E-state index in [4.69, 9.17) is 10.5 Å². The number of nitrogens with zero attached hydrogens (tertiary/aromatic N) is 2. The van der Waals surface area contributed by atoms with Gasteiger partial charge in [0.2, 0.25) is 0 Å². The molecule has 2 rings (SSSR count). The Kier molecular flexibility index (Phi) is 5.88. The first-order valence-corrected chi connectivity index (χ1v) is 6.21. The van der Waals surface area contributed by atoms with Gasteiger partial charge in [-0.15, -0.1) is 11.8 Å². The Hall–Kier alpha value is -1.75. The standard InChI is InChI=1S/C6H9N3OS.C6H6/c1-10-6-8-4(7)3-5(9-6)11-2;1-2-4-6-5-3-1/h3H,1-2H3,(H2,7,8,9);1-6H. The van der Waals surface area contributed by atoms with Crippen molar-refractivity contribution in [2.24, 2.45) is 0 Å². The Morgan fingerprint density at radius 1 is 1.06 bits per heavy atom. The van der Waals surface area contributed by atoms with Crippen LogP contribution in [0, 0.1) is 0 Å². The lowest BCUT2D eigenvalue weighted by Crippen LogP contribution is -1.97. The average Bonchev–Trinajstić information content (AvgIpc) is 2.40. The van der Waals surface area contributed by atoms with Gasteiger partial charge in [0, 0.05) is 6.07 Å². The number of anilines is 1. The predicted octanol–water partition coefficient (Wildman–Crippen LogP) is 2.48. The summed E-state index contributed by atoms with van der Waals surface area (Å²) in [6, 6.07) is 14.0. The number of nitrogens with two attached hydrogens (primary N) is 1. The number of aromatic nitrogens is 2. The van der Waals surface area contributed by atoms with Crippen molar-refractivity contribution in [1.82, 2.24) is 9.97 Å². The van der Waals surface area contributed by atoms with Crippen molar-refractivity contribution in [3.05, 3.63) is 42.5 Å². The minimum absolute atomic E-state index is 0.314. The van der Waals surface area contributed by atoms with E-state index in [0.717, 1.165) is 5.03 Å². The third-order valence-corrected chi connectivity index (χ3v) is 2.39. The molecule has 2 aromatic rings. The van der Waals surface area contributed by atoms with E-state index in [2.05, 4.69) is 9.97 Å². The maximum absolute atomic E-state index is 5.47. The molecule has 0 aliphatic rings. The molecule has 0 saturated carbocycles. The predicted molar refractivity (Wildman–Crippen MR) is 71.2 cm³/mol. The number of methoxy groups -OCH3 is 1. The van der Waals surface area contributed by atoms with Crippen LogP contribution in [0.2, 0.25) is 0 Å². The molecule has 0 atom stereocenters. The van der Waals surface area contributed by atoms with Gasteiger partial charge in [0.05, 0.1) is 7.11 Å². The molecule has 1 aromatic carbocycles. The second kappa shape index (κ2) is 7.51. The summed E-state index contributed by atoms with van der Waals surface area (Å²) >= 11 is 1.50. The highest BCUT2D eigenvalue weighted by Crippen LogP contribution is 2.16. The number of benzene rings is 1. The molecule has 17 heavy (non-hydrogen) atoms. The number of hydrogen-bond donors (Lipinski definition) is 1. The Balaban J connectivity index is 0.000000202. The van der Waals surface area contributed by atoms with E-state index in [1.165, 1.54) is 18.9 Å². The number of ether oxygens (including phenoxy) is 1. The molecular formula is C12H15N3OS. The molecule has 0 bridgehead atoms. The van der Waals surface area contributed by atoms with Gasteiger partial charge in [-0.25, -0.2) is 0 Å². The molecule has 0 aliphatic carbocycles. The van der Waals surface area contributed by atoms with Crippen LogP contribution in [-0.4, -0.2) is 23.3 Å². The summed E-state index contributed by atoms with van der Waals surface area (Å²) in [5.74, 6) is 0.432. The molecule has 90 valence electrons. The minimum Gasteiger partial charge on any atom is -0.467 e. The molecule has 4 nitrogen and oxygen atoms in total. The second-order valence-electron chi connectivity index (χ2n) is 2.98. The van der Waals surface area contributed by atoms with Gasteiger partial charge in [0.15, 0.2) is 0 Å². The van der Waals surface area contributed by atoms with E-state index < -0.39 is 0 Å². The van der Waals surface area contributed by atoms with Gasteiger partial charge >= 0.3 is 6.01 Å². The summed E-state index contributed by atoms with van der Waals surface area (Å²) in [6.07, 6.45) is 1.92. The highest BCUT2D eigenvalue weighted by Gasteiger charge is 1.99. The highest BCUT2D eigenvalue weighted by atomic mass is 32.2. The third kappa shape index (κ3) is 5.21. The van der Waals surface area contributed by atoms with E-state index in [9.17, 15) is 0 Å². The van der Waals surface area contributed by atoms with Crippen LogP contribution in [0.3, 0.4) is 0 Å². The Bertz CT molecular complexity index is 388. The second-order valence-corrected chi connectivity index (χ2v) is 3.80. The third-order valence-electron chi connectivity index (χ3n) is 1.76.